The van der Waals surface area contributed by atoms with Gasteiger partial charge in [0.05, 0.1) is 7.11 Å². The maximum atomic E-state index is 12.1. The van der Waals surface area contributed by atoms with Crippen molar-refractivity contribution in [2.75, 3.05) is 7.11 Å². The Hall–Kier alpha value is -1.31. The minimum Gasteiger partial charge on any atom is -0.496 e. The topological polar surface area (TPSA) is 26.3 Å². The van der Waals surface area contributed by atoms with Crippen LogP contribution in [0, 0.1) is 12.3 Å². The first-order valence-electron chi connectivity index (χ1n) is 5.18. The van der Waals surface area contributed by atoms with Gasteiger partial charge in [0, 0.05) is 16.5 Å². The first-order valence-corrected chi connectivity index (χ1v) is 5.18. The third kappa shape index (κ3) is 1.44. The van der Waals surface area contributed by atoms with E-state index in [0.717, 1.165) is 28.9 Å². The normalized spacial score (nSPS) is 17.7. The van der Waals surface area contributed by atoms with Crippen molar-refractivity contribution in [2.24, 2.45) is 5.41 Å². The molecule has 0 spiro atoms. The van der Waals surface area contributed by atoms with Crippen molar-refractivity contribution >= 4 is 5.78 Å². The summed E-state index contributed by atoms with van der Waals surface area (Å²) >= 11 is 0. The highest BCUT2D eigenvalue weighted by Crippen LogP contribution is 2.41. The number of benzene rings is 1. The Morgan fingerprint density at radius 2 is 2.00 bits per heavy atom. The van der Waals surface area contributed by atoms with Crippen molar-refractivity contribution in [1.29, 1.82) is 0 Å². The molecule has 0 amide bonds. The number of carbonyl (C=O) groups is 1. The third-order valence-corrected chi connectivity index (χ3v) is 3.05. The summed E-state index contributed by atoms with van der Waals surface area (Å²) in [6.07, 6.45) is 0.782. The second-order valence-corrected chi connectivity index (χ2v) is 4.88. The lowest BCUT2D eigenvalue weighted by molar-refractivity contribution is 0.0863. The van der Waals surface area contributed by atoms with E-state index in [1.54, 1.807) is 7.11 Å². The number of rotatable bonds is 1. The minimum absolute atomic E-state index is 0.236. The van der Waals surface area contributed by atoms with E-state index in [4.69, 9.17) is 4.74 Å². The molecule has 0 heterocycles. The fraction of sp³-hybridized carbons (Fsp3) is 0.462. The quantitative estimate of drug-likeness (QED) is 0.703. The Bertz CT molecular complexity index is 430. The molecule has 15 heavy (non-hydrogen) atoms. The summed E-state index contributed by atoms with van der Waals surface area (Å²) in [7, 11) is 1.66. The molecule has 1 aromatic rings. The van der Waals surface area contributed by atoms with Gasteiger partial charge in [-0.2, -0.15) is 0 Å². The van der Waals surface area contributed by atoms with Gasteiger partial charge in [-0.3, -0.25) is 4.79 Å². The number of ketones is 1. The molecule has 1 aromatic carbocycles. The summed E-state index contributed by atoms with van der Waals surface area (Å²) in [5.74, 6) is 1.09. The first kappa shape index (κ1) is 10.2. The molecule has 0 aromatic heterocycles. The van der Waals surface area contributed by atoms with Gasteiger partial charge >= 0.3 is 0 Å². The van der Waals surface area contributed by atoms with Crippen LogP contribution in [0.25, 0.3) is 0 Å². The molecule has 0 fully saturated rings. The van der Waals surface area contributed by atoms with E-state index in [0.29, 0.717) is 0 Å². The molecular weight excluding hydrogens is 188 g/mol. The van der Waals surface area contributed by atoms with Crippen LogP contribution < -0.4 is 4.74 Å². The number of methoxy groups -OCH3 is 1. The van der Waals surface area contributed by atoms with Gasteiger partial charge in [0.15, 0.2) is 5.78 Å². The van der Waals surface area contributed by atoms with Crippen LogP contribution in [-0.2, 0) is 6.42 Å². The first-order chi connectivity index (χ1) is 6.95. The summed E-state index contributed by atoms with van der Waals surface area (Å²) in [5, 5.41) is 0. The molecule has 0 radical (unpaired) electrons. The molecule has 0 bridgehead atoms. The van der Waals surface area contributed by atoms with Crippen LogP contribution in [0.1, 0.15) is 35.3 Å². The third-order valence-electron chi connectivity index (χ3n) is 3.05. The number of ether oxygens (including phenoxy) is 1. The Labute approximate surface area is 90.3 Å². The van der Waals surface area contributed by atoms with Gasteiger partial charge in [-0.1, -0.05) is 13.8 Å². The van der Waals surface area contributed by atoms with E-state index >= 15 is 0 Å². The van der Waals surface area contributed by atoms with Crippen LogP contribution in [0.5, 0.6) is 5.75 Å². The van der Waals surface area contributed by atoms with Crippen molar-refractivity contribution in [3.8, 4) is 5.75 Å². The average molecular weight is 204 g/mol. The lowest BCUT2D eigenvalue weighted by atomic mass is 9.89. The van der Waals surface area contributed by atoms with Crippen LogP contribution in [0.2, 0.25) is 0 Å². The summed E-state index contributed by atoms with van der Waals surface area (Å²) in [6, 6.07) is 3.96. The monoisotopic (exact) mass is 204 g/mol. The summed E-state index contributed by atoms with van der Waals surface area (Å²) in [5.41, 5.74) is 2.72. The molecule has 0 aliphatic heterocycles. The molecule has 0 atom stereocenters. The standard InChI is InChI=1S/C13H16O2/c1-8-5-9-10(11(6-8)15-4)7-13(2,3)12(9)14/h5-6H,7H2,1-4H3. The molecule has 2 rings (SSSR count). The molecule has 0 unspecified atom stereocenters. The second kappa shape index (κ2) is 3.09. The molecule has 1 aliphatic carbocycles. The highest BCUT2D eigenvalue weighted by molar-refractivity contribution is 6.05. The van der Waals surface area contributed by atoms with Crippen molar-refractivity contribution in [1.82, 2.24) is 0 Å². The molecule has 0 saturated heterocycles. The molecule has 0 N–H and O–H groups in total. The Morgan fingerprint density at radius 3 is 2.60 bits per heavy atom. The van der Waals surface area contributed by atoms with Gasteiger partial charge in [0.2, 0.25) is 0 Å². The van der Waals surface area contributed by atoms with Gasteiger partial charge in [-0.05, 0) is 31.0 Å². The number of Topliss-reactive ketones (excluding diaryl/α,β-unsaturated/α-hetero) is 1. The van der Waals surface area contributed by atoms with Crippen LogP contribution in [0.15, 0.2) is 12.1 Å². The lowest BCUT2D eigenvalue weighted by Gasteiger charge is -2.13. The maximum Gasteiger partial charge on any atom is 0.169 e. The zero-order chi connectivity index (χ0) is 11.2. The number of aryl methyl sites for hydroxylation is 1. The number of hydrogen-bond acceptors (Lipinski definition) is 2. The molecular formula is C13H16O2. The van der Waals surface area contributed by atoms with Gasteiger partial charge in [0.25, 0.3) is 0 Å². The van der Waals surface area contributed by atoms with E-state index in [9.17, 15) is 4.79 Å². The summed E-state index contributed by atoms with van der Waals surface area (Å²) in [4.78, 5) is 12.1. The largest absolute Gasteiger partial charge is 0.496 e. The van der Waals surface area contributed by atoms with Crippen LogP contribution >= 0.6 is 0 Å². The van der Waals surface area contributed by atoms with Gasteiger partial charge < -0.3 is 4.74 Å². The van der Waals surface area contributed by atoms with E-state index in [2.05, 4.69) is 0 Å². The zero-order valence-electron chi connectivity index (χ0n) is 9.68. The van der Waals surface area contributed by atoms with Crippen molar-refractivity contribution < 1.29 is 9.53 Å². The molecule has 80 valence electrons. The molecule has 0 saturated carbocycles. The van der Waals surface area contributed by atoms with Crippen LogP contribution in [0.3, 0.4) is 0 Å². The van der Waals surface area contributed by atoms with Crippen molar-refractivity contribution in [2.45, 2.75) is 27.2 Å². The highest BCUT2D eigenvalue weighted by atomic mass is 16.5. The van der Waals surface area contributed by atoms with Crippen LogP contribution in [0.4, 0.5) is 0 Å². The fourth-order valence-electron chi connectivity index (χ4n) is 2.24. The lowest BCUT2D eigenvalue weighted by Crippen LogP contribution is -2.18. The van der Waals surface area contributed by atoms with E-state index in [1.807, 2.05) is 32.9 Å². The van der Waals surface area contributed by atoms with Crippen LogP contribution in [-0.4, -0.2) is 12.9 Å². The van der Waals surface area contributed by atoms with Gasteiger partial charge in [-0.25, -0.2) is 0 Å². The summed E-state index contributed by atoms with van der Waals surface area (Å²) in [6.45, 7) is 5.97. The Balaban J connectivity index is 2.63. The van der Waals surface area contributed by atoms with Crippen molar-refractivity contribution in [3.63, 3.8) is 0 Å². The number of fused-ring (bicyclic) bond motifs is 1. The maximum absolute atomic E-state index is 12.1. The molecule has 2 heteroatoms. The second-order valence-electron chi connectivity index (χ2n) is 4.88. The SMILES string of the molecule is COc1cc(C)cc2c1CC(C)(C)C2=O. The Morgan fingerprint density at radius 1 is 1.33 bits per heavy atom. The predicted octanol–water partition coefficient (Wildman–Crippen LogP) is 2.77. The van der Waals surface area contributed by atoms with Gasteiger partial charge in [0.1, 0.15) is 5.75 Å². The van der Waals surface area contributed by atoms with E-state index in [-0.39, 0.29) is 11.2 Å². The van der Waals surface area contributed by atoms with E-state index < -0.39 is 0 Å². The predicted molar refractivity (Wildman–Crippen MR) is 59.5 cm³/mol. The van der Waals surface area contributed by atoms with E-state index in [1.165, 1.54) is 0 Å². The molecule has 1 aliphatic rings. The number of hydrogen-bond donors (Lipinski definition) is 0. The van der Waals surface area contributed by atoms with Gasteiger partial charge in [-0.15, -0.1) is 0 Å². The Kier molecular flexibility index (Phi) is 2.10. The zero-order valence-corrected chi connectivity index (χ0v) is 9.68. The number of carbonyl (C=O) groups excluding carboxylic acids is 1. The van der Waals surface area contributed by atoms with Crippen molar-refractivity contribution in [3.05, 3.63) is 28.8 Å². The highest BCUT2D eigenvalue weighted by Gasteiger charge is 2.39. The molecule has 2 nitrogen and oxygen atoms in total. The fourth-order valence-corrected chi connectivity index (χ4v) is 2.24. The smallest absolute Gasteiger partial charge is 0.169 e. The summed E-state index contributed by atoms with van der Waals surface area (Å²) < 4.78 is 5.33. The minimum atomic E-state index is -0.274. The average Bonchev–Trinajstić information content (AvgIpc) is 2.39.